The summed E-state index contributed by atoms with van der Waals surface area (Å²) in [5.74, 6) is -2.03. The number of anilines is 1. The Morgan fingerprint density at radius 3 is 2.56 bits per heavy atom. The molecule has 172 valence electrons. The highest BCUT2D eigenvalue weighted by molar-refractivity contribution is 6.02. The lowest BCUT2D eigenvalue weighted by atomic mass is 9.84. The summed E-state index contributed by atoms with van der Waals surface area (Å²) in [6, 6.07) is 1.76. The summed E-state index contributed by atoms with van der Waals surface area (Å²) >= 11 is 0. The summed E-state index contributed by atoms with van der Waals surface area (Å²) in [4.78, 5) is 22.8. The van der Waals surface area contributed by atoms with Gasteiger partial charge in [-0.15, -0.1) is 0 Å². The van der Waals surface area contributed by atoms with Gasteiger partial charge in [-0.25, -0.2) is 27.5 Å². The number of amidine groups is 1. The molecule has 2 aromatic rings. The molecule has 0 radical (unpaired) electrons. The molecule has 0 bridgehead atoms. The molecule has 0 saturated carbocycles. The lowest BCUT2D eigenvalue weighted by molar-refractivity contribution is -0.209. The van der Waals surface area contributed by atoms with Crippen LogP contribution < -0.4 is 11.1 Å². The fourth-order valence-electron chi connectivity index (χ4n) is 3.01. The number of hydrogen-bond donors (Lipinski definition) is 2. The van der Waals surface area contributed by atoms with Crippen LogP contribution in [0.15, 0.2) is 35.6 Å². The summed E-state index contributed by atoms with van der Waals surface area (Å²) in [5, 5.41) is 2.26. The van der Waals surface area contributed by atoms with E-state index in [0.717, 1.165) is 24.4 Å². The van der Waals surface area contributed by atoms with Gasteiger partial charge in [0.25, 0.3) is 18.4 Å². The molecule has 0 aliphatic carbocycles. The average Bonchev–Trinajstić information content (AvgIpc) is 2.74. The SMILES string of the molecule is NC1=N[C@](CF)(c2cc(NC(=O)c3cnc(C(F)F)cn3)ccc2F)C[C@@H](C(F)(F)F)O1. The van der Waals surface area contributed by atoms with Crippen molar-refractivity contribution in [1.29, 1.82) is 0 Å². The third kappa shape index (κ3) is 4.73. The molecule has 0 fully saturated rings. The van der Waals surface area contributed by atoms with Gasteiger partial charge in [0.2, 0.25) is 0 Å². The maximum absolute atomic E-state index is 14.5. The third-order valence-electron chi connectivity index (χ3n) is 4.55. The molecule has 3 rings (SSSR count). The van der Waals surface area contributed by atoms with Crippen LogP contribution in [0.4, 0.5) is 36.4 Å². The minimum absolute atomic E-state index is 0.150. The summed E-state index contributed by atoms with van der Waals surface area (Å²) in [5.41, 5.74) is 1.15. The van der Waals surface area contributed by atoms with Gasteiger partial charge < -0.3 is 15.8 Å². The largest absolute Gasteiger partial charge is 0.452 e. The van der Waals surface area contributed by atoms with Crippen LogP contribution in [0, 0.1) is 5.82 Å². The summed E-state index contributed by atoms with van der Waals surface area (Å²) < 4.78 is 97.5. The molecule has 1 amide bonds. The van der Waals surface area contributed by atoms with Gasteiger partial charge >= 0.3 is 6.18 Å². The van der Waals surface area contributed by atoms with E-state index in [1.165, 1.54) is 0 Å². The van der Waals surface area contributed by atoms with E-state index in [0.29, 0.717) is 6.20 Å². The molecule has 2 heterocycles. The van der Waals surface area contributed by atoms with E-state index >= 15 is 0 Å². The number of rotatable bonds is 5. The predicted molar refractivity (Wildman–Crippen MR) is 96.2 cm³/mol. The second-order valence-corrected chi connectivity index (χ2v) is 6.74. The first kappa shape index (κ1) is 23.2. The second-order valence-electron chi connectivity index (χ2n) is 6.74. The number of hydrogen-bond acceptors (Lipinski definition) is 6. The molecule has 3 N–H and O–H groups in total. The van der Waals surface area contributed by atoms with Crippen LogP contribution in [-0.2, 0) is 10.3 Å². The molecule has 0 unspecified atom stereocenters. The van der Waals surface area contributed by atoms with Crippen molar-refractivity contribution in [2.24, 2.45) is 10.7 Å². The topological polar surface area (TPSA) is 102 Å². The molecule has 1 aromatic carbocycles. The summed E-state index contributed by atoms with van der Waals surface area (Å²) in [6.45, 7) is -1.54. The highest BCUT2D eigenvalue weighted by atomic mass is 19.4. The summed E-state index contributed by atoms with van der Waals surface area (Å²) in [6.07, 6.45) is -9.98. The molecule has 1 aliphatic rings. The van der Waals surface area contributed by atoms with E-state index in [9.17, 15) is 35.5 Å². The van der Waals surface area contributed by atoms with Crippen LogP contribution in [-0.4, -0.2) is 40.9 Å². The van der Waals surface area contributed by atoms with E-state index in [1.54, 1.807) is 0 Å². The number of nitrogens with two attached hydrogens (primary N) is 1. The lowest BCUT2D eigenvalue weighted by Gasteiger charge is -2.36. The summed E-state index contributed by atoms with van der Waals surface area (Å²) in [7, 11) is 0. The molecule has 14 heteroatoms. The molecule has 32 heavy (non-hydrogen) atoms. The van der Waals surface area contributed by atoms with E-state index < -0.39 is 66.3 Å². The van der Waals surface area contributed by atoms with Gasteiger partial charge in [0.05, 0.1) is 12.4 Å². The first-order valence-corrected chi connectivity index (χ1v) is 8.81. The first-order chi connectivity index (χ1) is 14.9. The van der Waals surface area contributed by atoms with Gasteiger partial charge in [0.15, 0.2) is 6.10 Å². The van der Waals surface area contributed by atoms with Crippen molar-refractivity contribution in [2.75, 3.05) is 12.0 Å². The van der Waals surface area contributed by atoms with Gasteiger partial charge in [0.1, 0.15) is 29.4 Å². The number of ether oxygens (including phenoxy) is 1. The zero-order chi connectivity index (χ0) is 23.7. The van der Waals surface area contributed by atoms with Crippen molar-refractivity contribution in [3.63, 3.8) is 0 Å². The molecule has 1 aliphatic heterocycles. The molecular formula is C18H14F7N5O2. The normalized spacial score (nSPS) is 21.1. The Bertz CT molecular complexity index is 1030. The quantitative estimate of drug-likeness (QED) is 0.657. The fourth-order valence-corrected chi connectivity index (χ4v) is 3.01. The van der Waals surface area contributed by atoms with Crippen LogP contribution in [0.3, 0.4) is 0 Å². The van der Waals surface area contributed by atoms with Crippen LogP contribution in [0.2, 0.25) is 0 Å². The average molecular weight is 465 g/mol. The number of amides is 1. The Balaban J connectivity index is 1.92. The molecule has 0 saturated heterocycles. The number of benzene rings is 1. The van der Waals surface area contributed by atoms with E-state index in [4.69, 9.17) is 5.73 Å². The number of aromatic nitrogens is 2. The Kier molecular flexibility index (Phi) is 6.23. The van der Waals surface area contributed by atoms with Crippen molar-refractivity contribution in [1.82, 2.24) is 9.97 Å². The number of carbonyl (C=O) groups excluding carboxylic acids is 1. The second kappa shape index (κ2) is 8.59. The Morgan fingerprint density at radius 2 is 2.00 bits per heavy atom. The van der Waals surface area contributed by atoms with Crippen molar-refractivity contribution >= 4 is 17.6 Å². The van der Waals surface area contributed by atoms with Crippen molar-refractivity contribution in [3.05, 3.63) is 53.4 Å². The highest BCUT2D eigenvalue weighted by Gasteiger charge is 2.52. The number of nitrogens with one attached hydrogen (secondary N) is 1. The standard InChI is InChI=1S/C18H14F7N5O2/c19-7-17(4-13(18(23,24)25)32-16(26)30-17)9-3-8(1-2-10(9)20)29-15(31)12-6-27-11(5-28-12)14(21)22/h1-3,5-6,13-14H,4,7H2,(H2,26,30)(H,29,31)/t13-,17+/m0/s1. The predicted octanol–water partition coefficient (Wildman–Crippen LogP) is 3.64. The minimum atomic E-state index is -4.92. The maximum Gasteiger partial charge on any atom is 0.425 e. The van der Waals surface area contributed by atoms with Crippen molar-refractivity contribution in [2.45, 2.75) is 30.7 Å². The Morgan fingerprint density at radius 1 is 1.28 bits per heavy atom. The monoisotopic (exact) mass is 465 g/mol. The van der Waals surface area contributed by atoms with Crippen molar-refractivity contribution in [3.8, 4) is 0 Å². The van der Waals surface area contributed by atoms with E-state index in [-0.39, 0.29) is 11.4 Å². The number of carbonyl (C=O) groups is 1. The van der Waals surface area contributed by atoms with Gasteiger partial charge in [-0.05, 0) is 18.2 Å². The molecule has 0 spiro atoms. The zero-order valence-corrected chi connectivity index (χ0v) is 15.8. The Labute approximate surface area is 175 Å². The number of halogens is 7. The first-order valence-electron chi connectivity index (χ1n) is 8.81. The fraction of sp³-hybridized carbons (Fsp3) is 0.333. The lowest BCUT2D eigenvalue weighted by Crippen LogP contribution is -2.48. The molecule has 7 nitrogen and oxygen atoms in total. The van der Waals surface area contributed by atoms with E-state index in [1.807, 2.05) is 0 Å². The van der Waals surface area contributed by atoms with Crippen LogP contribution >= 0.6 is 0 Å². The smallest absolute Gasteiger partial charge is 0.425 e. The molecule has 1 aromatic heterocycles. The number of aliphatic imine (C=N–C) groups is 1. The van der Waals surface area contributed by atoms with Gasteiger partial charge in [-0.3, -0.25) is 9.78 Å². The zero-order valence-electron chi connectivity index (χ0n) is 15.8. The highest BCUT2D eigenvalue weighted by Crippen LogP contribution is 2.42. The third-order valence-corrected chi connectivity index (χ3v) is 4.55. The minimum Gasteiger partial charge on any atom is -0.452 e. The van der Waals surface area contributed by atoms with Gasteiger partial charge in [0, 0.05) is 17.7 Å². The van der Waals surface area contributed by atoms with E-state index in [2.05, 4.69) is 25.0 Å². The van der Waals surface area contributed by atoms with Crippen molar-refractivity contribution < 1.29 is 40.3 Å². The van der Waals surface area contributed by atoms with Crippen LogP contribution in [0.5, 0.6) is 0 Å². The number of nitrogens with zero attached hydrogens (tertiary/aromatic N) is 3. The van der Waals surface area contributed by atoms with Gasteiger partial charge in [-0.2, -0.15) is 13.2 Å². The Hall–Kier alpha value is -3.45. The maximum atomic E-state index is 14.5. The van der Waals surface area contributed by atoms with Crippen LogP contribution in [0.25, 0.3) is 0 Å². The molecule has 2 atom stereocenters. The van der Waals surface area contributed by atoms with Crippen LogP contribution in [0.1, 0.15) is 34.6 Å². The molecular weight excluding hydrogens is 451 g/mol. The number of alkyl halides is 6. The van der Waals surface area contributed by atoms with Gasteiger partial charge in [-0.1, -0.05) is 0 Å².